The smallest absolute Gasteiger partial charge is 0.311 e. The highest BCUT2D eigenvalue weighted by Crippen LogP contribution is 2.40. The Balaban J connectivity index is 1.97. The molecule has 3 rings (SSSR count). The molecular formula is C14H15ClN4O2. The van der Waals surface area contributed by atoms with E-state index in [1.165, 1.54) is 0 Å². The second kappa shape index (κ2) is 5.44. The summed E-state index contributed by atoms with van der Waals surface area (Å²) in [5, 5.41) is 21.8. The van der Waals surface area contributed by atoms with Crippen LogP contribution in [0.25, 0.3) is 11.4 Å². The van der Waals surface area contributed by atoms with Crippen LogP contribution in [0.15, 0.2) is 24.3 Å². The van der Waals surface area contributed by atoms with Crippen LogP contribution in [0.4, 0.5) is 0 Å². The molecule has 0 aliphatic heterocycles. The van der Waals surface area contributed by atoms with Crippen molar-refractivity contribution in [3.05, 3.63) is 29.3 Å². The van der Waals surface area contributed by atoms with E-state index in [-0.39, 0.29) is 6.54 Å². The number of carboxylic acids is 1. The lowest BCUT2D eigenvalue weighted by molar-refractivity contribution is -0.149. The summed E-state index contributed by atoms with van der Waals surface area (Å²) >= 11 is 6.18. The molecule has 1 heterocycles. The number of halogens is 1. The van der Waals surface area contributed by atoms with Crippen LogP contribution < -0.4 is 0 Å². The number of aliphatic carboxylic acids is 1. The van der Waals surface area contributed by atoms with Crippen LogP contribution in [-0.4, -0.2) is 31.3 Å². The van der Waals surface area contributed by atoms with Gasteiger partial charge in [0.2, 0.25) is 0 Å². The minimum absolute atomic E-state index is 0.274. The number of tetrazole rings is 1. The molecule has 2 aromatic rings. The largest absolute Gasteiger partial charge is 0.481 e. The predicted molar refractivity (Wildman–Crippen MR) is 76.8 cm³/mol. The van der Waals surface area contributed by atoms with E-state index >= 15 is 0 Å². The number of hydrogen-bond acceptors (Lipinski definition) is 4. The minimum atomic E-state index is -0.777. The standard InChI is InChI=1S/C14H15ClN4O2/c15-11-6-2-1-5-10(11)12-16-17-18-19(12)9-14(13(20)21)7-3-4-8-14/h1-2,5-6H,3-4,7-9H2,(H,20,21). The highest BCUT2D eigenvalue weighted by atomic mass is 35.5. The average Bonchev–Trinajstić information content (AvgIpc) is 3.10. The predicted octanol–water partition coefficient (Wildman–Crippen LogP) is 2.64. The van der Waals surface area contributed by atoms with Crippen molar-refractivity contribution in [3.8, 4) is 11.4 Å². The molecular weight excluding hydrogens is 292 g/mol. The first-order valence-corrected chi connectivity index (χ1v) is 7.25. The van der Waals surface area contributed by atoms with Crippen molar-refractivity contribution < 1.29 is 9.90 Å². The Kier molecular flexibility index (Phi) is 3.63. The zero-order chi connectivity index (χ0) is 14.9. The van der Waals surface area contributed by atoms with Crippen molar-refractivity contribution >= 4 is 17.6 Å². The molecule has 1 fully saturated rings. The number of carbonyl (C=O) groups is 1. The maximum absolute atomic E-state index is 11.7. The lowest BCUT2D eigenvalue weighted by Gasteiger charge is -2.23. The van der Waals surface area contributed by atoms with Gasteiger partial charge in [0.25, 0.3) is 0 Å². The van der Waals surface area contributed by atoms with Gasteiger partial charge in [-0.25, -0.2) is 4.68 Å². The van der Waals surface area contributed by atoms with E-state index in [9.17, 15) is 9.90 Å². The average molecular weight is 307 g/mol. The van der Waals surface area contributed by atoms with Gasteiger partial charge < -0.3 is 5.11 Å². The van der Waals surface area contributed by atoms with Gasteiger partial charge in [-0.05, 0) is 35.4 Å². The molecule has 1 aromatic carbocycles. The van der Waals surface area contributed by atoms with Crippen molar-refractivity contribution in [2.75, 3.05) is 0 Å². The fourth-order valence-electron chi connectivity index (χ4n) is 2.92. The Hall–Kier alpha value is -1.95. The van der Waals surface area contributed by atoms with Crippen molar-refractivity contribution in [1.82, 2.24) is 20.2 Å². The Morgan fingerprint density at radius 2 is 2.05 bits per heavy atom. The van der Waals surface area contributed by atoms with Crippen LogP contribution in [0, 0.1) is 5.41 Å². The summed E-state index contributed by atoms with van der Waals surface area (Å²) in [5.41, 5.74) is -0.0616. The monoisotopic (exact) mass is 306 g/mol. The van der Waals surface area contributed by atoms with Gasteiger partial charge in [0.15, 0.2) is 5.82 Å². The van der Waals surface area contributed by atoms with Crippen molar-refractivity contribution in [3.63, 3.8) is 0 Å². The third-order valence-electron chi connectivity index (χ3n) is 4.11. The molecule has 6 nitrogen and oxygen atoms in total. The number of rotatable bonds is 4. The minimum Gasteiger partial charge on any atom is -0.481 e. The molecule has 110 valence electrons. The van der Waals surface area contributed by atoms with Crippen LogP contribution in [0.2, 0.25) is 5.02 Å². The molecule has 0 spiro atoms. The van der Waals surface area contributed by atoms with Crippen molar-refractivity contribution in [2.45, 2.75) is 32.2 Å². The van der Waals surface area contributed by atoms with E-state index < -0.39 is 11.4 Å². The molecule has 0 saturated heterocycles. The first-order chi connectivity index (χ1) is 10.1. The third kappa shape index (κ3) is 2.51. The summed E-state index contributed by atoms with van der Waals surface area (Å²) in [7, 11) is 0. The number of aromatic nitrogens is 4. The van der Waals surface area contributed by atoms with E-state index in [2.05, 4.69) is 15.5 Å². The van der Waals surface area contributed by atoms with Gasteiger partial charge in [0, 0.05) is 5.56 Å². The fraction of sp³-hybridized carbons (Fsp3) is 0.429. The summed E-state index contributed by atoms with van der Waals surface area (Å²) in [6.07, 6.45) is 3.17. The Labute approximate surface area is 126 Å². The highest BCUT2D eigenvalue weighted by molar-refractivity contribution is 6.33. The van der Waals surface area contributed by atoms with Crippen LogP contribution in [0.1, 0.15) is 25.7 Å². The summed E-state index contributed by atoms with van der Waals surface area (Å²) < 4.78 is 1.56. The molecule has 0 amide bonds. The molecule has 1 saturated carbocycles. The quantitative estimate of drug-likeness (QED) is 0.939. The topological polar surface area (TPSA) is 80.9 Å². The van der Waals surface area contributed by atoms with E-state index in [0.29, 0.717) is 29.3 Å². The van der Waals surface area contributed by atoms with Gasteiger partial charge in [0.05, 0.1) is 17.0 Å². The molecule has 1 aliphatic carbocycles. The van der Waals surface area contributed by atoms with Crippen LogP contribution in [0.5, 0.6) is 0 Å². The van der Waals surface area contributed by atoms with E-state index in [0.717, 1.165) is 12.8 Å². The second-order valence-corrected chi connectivity index (χ2v) is 5.84. The summed E-state index contributed by atoms with van der Waals surface area (Å²) in [4.78, 5) is 11.7. The van der Waals surface area contributed by atoms with Crippen molar-refractivity contribution in [2.24, 2.45) is 5.41 Å². The number of benzene rings is 1. The van der Waals surface area contributed by atoms with E-state index in [1.807, 2.05) is 18.2 Å². The maximum atomic E-state index is 11.7. The van der Waals surface area contributed by atoms with Crippen LogP contribution >= 0.6 is 11.6 Å². The SMILES string of the molecule is O=C(O)C1(Cn2nnnc2-c2ccccc2Cl)CCCC1. The van der Waals surface area contributed by atoms with Gasteiger partial charge in [-0.15, -0.1) is 5.10 Å². The van der Waals surface area contributed by atoms with Gasteiger partial charge in [0.1, 0.15) is 0 Å². The zero-order valence-electron chi connectivity index (χ0n) is 11.4. The normalized spacial score (nSPS) is 17.0. The molecule has 1 N–H and O–H groups in total. The summed E-state index contributed by atoms with van der Waals surface area (Å²) in [6, 6.07) is 7.27. The second-order valence-electron chi connectivity index (χ2n) is 5.43. The van der Waals surface area contributed by atoms with Gasteiger partial charge in [-0.2, -0.15) is 0 Å². The molecule has 0 bridgehead atoms. The Morgan fingerprint density at radius 3 is 2.71 bits per heavy atom. The Morgan fingerprint density at radius 1 is 1.33 bits per heavy atom. The van der Waals surface area contributed by atoms with Crippen molar-refractivity contribution in [1.29, 1.82) is 0 Å². The van der Waals surface area contributed by atoms with E-state index in [4.69, 9.17) is 11.6 Å². The number of hydrogen-bond donors (Lipinski definition) is 1. The molecule has 7 heteroatoms. The number of carboxylic acid groups (broad SMARTS) is 1. The van der Waals surface area contributed by atoms with Gasteiger partial charge in [-0.1, -0.05) is 36.6 Å². The van der Waals surface area contributed by atoms with Crippen LogP contribution in [-0.2, 0) is 11.3 Å². The lowest BCUT2D eigenvalue weighted by Crippen LogP contribution is -2.33. The van der Waals surface area contributed by atoms with Gasteiger partial charge in [-0.3, -0.25) is 4.79 Å². The Bertz CT molecular complexity index is 664. The zero-order valence-corrected chi connectivity index (χ0v) is 12.1. The lowest BCUT2D eigenvalue weighted by atomic mass is 9.86. The molecule has 1 aromatic heterocycles. The third-order valence-corrected chi connectivity index (χ3v) is 4.44. The number of nitrogens with zero attached hydrogens (tertiary/aromatic N) is 4. The first kappa shape index (κ1) is 14.0. The molecule has 0 radical (unpaired) electrons. The van der Waals surface area contributed by atoms with Gasteiger partial charge >= 0.3 is 5.97 Å². The fourth-order valence-corrected chi connectivity index (χ4v) is 3.14. The first-order valence-electron chi connectivity index (χ1n) is 6.87. The molecule has 0 atom stereocenters. The summed E-state index contributed by atoms with van der Waals surface area (Å²) in [5.74, 6) is -0.270. The maximum Gasteiger partial charge on any atom is 0.311 e. The molecule has 21 heavy (non-hydrogen) atoms. The summed E-state index contributed by atoms with van der Waals surface area (Å²) in [6.45, 7) is 0.274. The van der Waals surface area contributed by atoms with E-state index in [1.54, 1.807) is 10.7 Å². The molecule has 1 aliphatic rings. The molecule has 0 unspecified atom stereocenters. The van der Waals surface area contributed by atoms with Crippen LogP contribution in [0.3, 0.4) is 0 Å². The highest BCUT2D eigenvalue weighted by Gasteiger charge is 2.42.